The van der Waals surface area contributed by atoms with Crippen molar-refractivity contribution in [3.05, 3.63) is 0 Å². The molecule has 1 N–H and O–H groups in total. The van der Waals surface area contributed by atoms with Gasteiger partial charge in [0.25, 0.3) is 0 Å². The Morgan fingerprint density at radius 2 is 2.12 bits per heavy atom. The van der Waals surface area contributed by atoms with Gasteiger partial charge in [-0.25, -0.2) is 0 Å². The Morgan fingerprint density at radius 3 is 2.69 bits per heavy atom. The quantitative estimate of drug-likeness (QED) is 0.790. The Balaban J connectivity index is 1.94. The molecule has 3 heteroatoms. The highest BCUT2D eigenvalue weighted by Crippen LogP contribution is 2.25. The van der Waals surface area contributed by atoms with E-state index in [9.17, 15) is 4.79 Å². The maximum atomic E-state index is 12.3. The summed E-state index contributed by atoms with van der Waals surface area (Å²) in [6.45, 7) is 7.28. The number of nitrogens with one attached hydrogen (secondary N) is 1. The van der Waals surface area contributed by atoms with Crippen molar-refractivity contribution in [3.63, 3.8) is 0 Å². The van der Waals surface area contributed by atoms with E-state index in [-0.39, 0.29) is 5.92 Å². The number of carbonyl (C=O) groups excluding carboxylic acids is 1. The summed E-state index contributed by atoms with van der Waals surface area (Å²) in [6, 6.07) is 0.516. The fourth-order valence-corrected chi connectivity index (χ4v) is 2.78. The number of hydrogen-bond donors (Lipinski definition) is 1. The van der Waals surface area contributed by atoms with Crippen molar-refractivity contribution in [3.8, 4) is 0 Å². The smallest absolute Gasteiger partial charge is 0.228 e. The third-order valence-electron chi connectivity index (χ3n) is 3.78. The first-order valence-corrected chi connectivity index (χ1v) is 6.69. The van der Waals surface area contributed by atoms with Gasteiger partial charge in [0, 0.05) is 25.7 Å². The van der Waals surface area contributed by atoms with Gasteiger partial charge in [0.2, 0.25) is 5.91 Å². The van der Waals surface area contributed by atoms with Crippen molar-refractivity contribution in [1.29, 1.82) is 0 Å². The lowest BCUT2D eigenvalue weighted by molar-refractivity contribution is -0.141. The van der Waals surface area contributed by atoms with Crippen molar-refractivity contribution in [1.82, 2.24) is 10.2 Å². The number of nitrogens with zero attached hydrogens (tertiary/aromatic N) is 1. The lowest BCUT2D eigenvalue weighted by Crippen LogP contribution is -2.55. The van der Waals surface area contributed by atoms with Gasteiger partial charge in [-0.15, -0.1) is 0 Å². The number of likely N-dealkylation sites (tertiary alicyclic amines) is 1. The summed E-state index contributed by atoms with van der Waals surface area (Å²) >= 11 is 0. The van der Waals surface area contributed by atoms with Gasteiger partial charge in [-0.3, -0.25) is 4.79 Å². The van der Waals surface area contributed by atoms with Crippen LogP contribution in [0.15, 0.2) is 0 Å². The predicted octanol–water partition coefficient (Wildman–Crippen LogP) is 1.63. The molecular formula is C13H24N2O. The SMILES string of the molecule is CC(C)CC1CCCCN1C(=O)C1CNC1. The molecule has 2 rings (SSSR count). The summed E-state index contributed by atoms with van der Waals surface area (Å²) in [4.78, 5) is 14.4. The third-order valence-corrected chi connectivity index (χ3v) is 3.78. The highest BCUT2D eigenvalue weighted by molar-refractivity contribution is 5.80. The van der Waals surface area contributed by atoms with Crippen molar-refractivity contribution in [2.24, 2.45) is 11.8 Å². The topological polar surface area (TPSA) is 32.3 Å². The Hall–Kier alpha value is -0.570. The summed E-state index contributed by atoms with van der Waals surface area (Å²) in [5, 5.41) is 3.19. The fraction of sp³-hybridized carbons (Fsp3) is 0.923. The maximum Gasteiger partial charge on any atom is 0.228 e. The molecule has 2 fully saturated rings. The first-order chi connectivity index (χ1) is 7.68. The Labute approximate surface area is 98.6 Å². The van der Waals surface area contributed by atoms with Crippen molar-refractivity contribution < 1.29 is 4.79 Å². The molecule has 2 aliphatic heterocycles. The van der Waals surface area contributed by atoms with Crippen LogP contribution in [0.1, 0.15) is 39.5 Å². The summed E-state index contributed by atoms with van der Waals surface area (Å²) in [6.07, 6.45) is 4.88. The first kappa shape index (κ1) is 11.9. The third kappa shape index (κ3) is 2.57. The molecule has 0 aromatic rings. The fourth-order valence-electron chi connectivity index (χ4n) is 2.78. The number of amides is 1. The molecule has 3 nitrogen and oxygen atoms in total. The highest BCUT2D eigenvalue weighted by atomic mass is 16.2. The van der Waals surface area contributed by atoms with E-state index >= 15 is 0 Å². The summed E-state index contributed by atoms with van der Waals surface area (Å²) in [7, 11) is 0. The molecule has 0 bridgehead atoms. The second-order valence-corrected chi connectivity index (χ2v) is 5.67. The van der Waals surface area contributed by atoms with Gasteiger partial charge in [-0.1, -0.05) is 13.8 Å². The van der Waals surface area contributed by atoms with Gasteiger partial charge < -0.3 is 10.2 Å². The Bertz CT molecular complexity index is 248. The van der Waals surface area contributed by atoms with E-state index in [4.69, 9.17) is 0 Å². The average Bonchev–Trinajstić information content (AvgIpc) is 2.14. The number of piperidine rings is 1. The molecule has 0 spiro atoms. The van der Waals surface area contributed by atoms with Crippen LogP contribution in [0.2, 0.25) is 0 Å². The molecule has 0 aromatic heterocycles. The molecule has 0 aliphatic carbocycles. The first-order valence-electron chi connectivity index (χ1n) is 6.69. The molecule has 16 heavy (non-hydrogen) atoms. The summed E-state index contributed by atoms with van der Waals surface area (Å²) in [5.41, 5.74) is 0. The number of hydrogen-bond acceptors (Lipinski definition) is 2. The van der Waals surface area contributed by atoms with Crippen LogP contribution in [-0.2, 0) is 4.79 Å². The number of carbonyl (C=O) groups is 1. The average molecular weight is 224 g/mol. The minimum atomic E-state index is 0.271. The molecule has 0 aromatic carbocycles. The number of rotatable bonds is 3. The standard InChI is InChI=1S/C13H24N2O/c1-10(2)7-12-5-3-4-6-15(12)13(16)11-8-14-9-11/h10-12,14H,3-9H2,1-2H3. The summed E-state index contributed by atoms with van der Waals surface area (Å²) < 4.78 is 0. The van der Waals surface area contributed by atoms with Crippen LogP contribution in [0.25, 0.3) is 0 Å². The zero-order valence-electron chi connectivity index (χ0n) is 10.5. The lowest BCUT2D eigenvalue weighted by atomic mass is 9.91. The zero-order chi connectivity index (χ0) is 11.5. The molecular weight excluding hydrogens is 200 g/mol. The molecule has 1 amide bonds. The second-order valence-electron chi connectivity index (χ2n) is 5.67. The molecule has 2 aliphatic rings. The largest absolute Gasteiger partial charge is 0.339 e. The molecule has 2 heterocycles. The van der Waals surface area contributed by atoms with Crippen LogP contribution in [0.3, 0.4) is 0 Å². The predicted molar refractivity (Wildman–Crippen MR) is 65.2 cm³/mol. The van der Waals surface area contributed by atoms with Crippen LogP contribution in [0.5, 0.6) is 0 Å². The van der Waals surface area contributed by atoms with E-state index in [1.165, 1.54) is 25.7 Å². The van der Waals surface area contributed by atoms with E-state index in [0.29, 0.717) is 17.9 Å². The van der Waals surface area contributed by atoms with Gasteiger partial charge in [-0.05, 0) is 31.6 Å². The van der Waals surface area contributed by atoms with Crippen molar-refractivity contribution in [2.45, 2.75) is 45.6 Å². The molecule has 1 atom stereocenters. The molecule has 92 valence electrons. The van der Waals surface area contributed by atoms with Gasteiger partial charge in [0.1, 0.15) is 0 Å². The van der Waals surface area contributed by atoms with Crippen molar-refractivity contribution in [2.75, 3.05) is 19.6 Å². The highest BCUT2D eigenvalue weighted by Gasteiger charge is 2.34. The van der Waals surface area contributed by atoms with Crippen LogP contribution >= 0.6 is 0 Å². The van der Waals surface area contributed by atoms with Crippen LogP contribution < -0.4 is 5.32 Å². The van der Waals surface area contributed by atoms with Gasteiger partial charge in [-0.2, -0.15) is 0 Å². The van der Waals surface area contributed by atoms with Gasteiger partial charge >= 0.3 is 0 Å². The second kappa shape index (κ2) is 5.17. The molecule has 1 unspecified atom stereocenters. The van der Waals surface area contributed by atoms with Crippen LogP contribution in [-0.4, -0.2) is 36.5 Å². The van der Waals surface area contributed by atoms with Crippen LogP contribution in [0, 0.1) is 11.8 Å². The van der Waals surface area contributed by atoms with E-state index in [2.05, 4.69) is 24.1 Å². The maximum absolute atomic E-state index is 12.3. The molecule has 2 saturated heterocycles. The normalized spacial score (nSPS) is 26.9. The van der Waals surface area contributed by atoms with E-state index in [1.807, 2.05) is 0 Å². The minimum absolute atomic E-state index is 0.271. The van der Waals surface area contributed by atoms with E-state index in [1.54, 1.807) is 0 Å². The molecule has 0 radical (unpaired) electrons. The minimum Gasteiger partial charge on any atom is -0.339 e. The van der Waals surface area contributed by atoms with Crippen LogP contribution in [0.4, 0.5) is 0 Å². The van der Waals surface area contributed by atoms with E-state index < -0.39 is 0 Å². The Morgan fingerprint density at radius 1 is 1.38 bits per heavy atom. The van der Waals surface area contributed by atoms with Gasteiger partial charge in [0.15, 0.2) is 0 Å². The zero-order valence-corrected chi connectivity index (χ0v) is 10.5. The summed E-state index contributed by atoms with van der Waals surface area (Å²) in [5.74, 6) is 1.37. The lowest BCUT2D eigenvalue weighted by Gasteiger charge is -2.40. The van der Waals surface area contributed by atoms with Gasteiger partial charge in [0.05, 0.1) is 5.92 Å². The monoisotopic (exact) mass is 224 g/mol. The Kier molecular flexibility index (Phi) is 3.85. The van der Waals surface area contributed by atoms with Crippen molar-refractivity contribution >= 4 is 5.91 Å². The molecule has 0 saturated carbocycles. The van der Waals surface area contributed by atoms with E-state index in [0.717, 1.165) is 19.6 Å².